The minimum atomic E-state index is -4.48. The number of ether oxygens (including phenoxy) is 1. The minimum Gasteiger partial charge on any atom is -0.481 e. The molecule has 6 heteroatoms. The fourth-order valence-corrected chi connectivity index (χ4v) is 2.12. The minimum absolute atomic E-state index is 0.0125. The van der Waals surface area contributed by atoms with Gasteiger partial charge in [-0.1, -0.05) is 0 Å². The SMILES string of the molecule is O=C(O)[C@H]1[C@H](C2CC2)OC[C@@H]1C(F)(F)F. The zero-order valence-electron chi connectivity index (χ0n) is 7.83. The average molecular weight is 224 g/mol. The summed E-state index contributed by atoms with van der Waals surface area (Å²) < 4.78 is 42.4. The third-order valence-corrected chi connectivity index (χ3v) is 3.05. The van der Waals surface area contributed by atoms with Crippen molar-refractivity contribution in [2.24, 2.45) is 17.8 Å². The van der Waals surface area contributed by atoms with E-state index in [0.29, 0.717) is 0 Å². The van der Waals surface area contributed by atoms with Crippen molar-refractivity contribution in [1.82, 2.24) is 0 Å². The molecule has 3 nitrogen and oxygen atoms in total. The highest BCUT2D eigenvalue weighted by atomic mass is 19.4. The van der Waals surface area contributed by atoms with Gasteiger partial charge in [-0.05, 0) is 18.8 Å². The van der Waals surface area contributed by atoms with Crippen LogP contribution < -0.4 is 0 Å². The number of alkyl halides is 3. The van der Waals surface area contributed by atoms with Crippen molar-refractivity contribution in [2.45, 2.75) is 25.1 Å². The van der Waals surface area contributed by atoms with Crippen LogP contribution in [-0.4, -0.2) is 30.0 Å². The Labute approximate surface area is 84.2 Å². The molecular formula is C9H11F3O3. The first-order chi connectivity index (χ1) is 6.91. The van der Waals surface area contributed by atoms with Crippen LogP contribution in [0.2, 0.25) is 0 Å². The van der Waals surface area contributed by atoms with Crippen LogP contribution in [0.15, 0.2) is 0 Å². The summed E-state index contributed by atoms with van der Waals surface area (Å²) in [4.78, 5) is 10.8. The number of carboxylic acid groups (broad SMARTS) is 1. The Kier molecular flexibility index (Phi) is 2.41. The van der Waals surface area contributed by atoms with E-state index in [1.807, 2.05) is 0 Å². The first-order valence-corrected chi connectivity index (χ1v) is 4.82. The van der Waals surface area contributed by atoms with Crippen molar-refractivity contribution in [1.29, 1.82) is 0 Å². The lowest BCUT2D eigenvalue weighted by Crippen LogP contribution is -2.37. The number of halogens is 3. The van der Waals surface area contributed by atoms with Gasteiger partial charge in [0.1, 0.15) is 0 Å². The first kappa shape index (κ1) is 10.7. The number of hydrogen-bond donors (Lipinski definition) is 1. The van der Waals surface area contributed by atoms with E-state index in [0.717, 1.165) is 12.8 Å². The molecule has 1 saturated heterocycles. The lowest BCUT2D eigenvalue weighted by molar-refractivity contribution is -0.190. The van der Waals surface area contributed by atoms with Gasteiger partial charge in [0.05, 0.1) is 24.5 Å². The highest BCUT2D eigenvalue weighted by molar-refractivity contribution is 5.71. The summed E-state index contributed by atoms with van der Waals surface area (Å²) in [6.45, 7) is -0.512. The first-order valence-electron chi connectivity index (χ1n) is 4.82. The molecular weight excluding hydrogens is 213 g/mol. The van der Waals surface area contributed by atoms with Crippen molar-refractivity contribution in [3.05, 3.63) is 0 Å². The molecule has 15 heavy (non-hydrogen) atoms. The van der Waals surface area contributed by atoms with Gasteiger partial charge in [-0.3, -0.25) is 4.79 Å². The summed E-state index contributed by atoms with van der Waals surface area (Å²) in [6, 6.07) is 0. The zero-order chi connectivity index (χ0) is 11.2. The molecule has 2 rings (SSSR count). The molecule has 0 amide bonds. The summed E-state index contributed by atoms with van der Waals surface area (Å²) in [6.07, 6.45) is -3.67. The second-order valence-electron chi connectivity index (χ2n) is 4.15. The second kappa shape index (κ2) is 3.37. The number of carboxylic acids is 1. The van der Waals surface area contributed by atoms with Crippen molar-refractivity contribution in [3.63, 3.8) is 0 Å². The molecule has 0 aromatic heterocycles. The van der Waals surface area contributed by atoms with E-state index in [1.165, 1.54) is 0 Å². The lowest BCUT2D eigenvalue weighted by atomic mass is 9.88. The van der Waals surface area contributed by atoms with Crippen molar-refractivity contribution in [2.75, 3.05) is 6.61 Å². The van der Waals surface area contributed by atoms with Crippen LogP contribution in [0.3, 0.4) is 0 Å². The number of aliphatic carboxylic acids is 1. The van der Waals surface area contributed by atoms with Crippen LogP contribution >= 0.6 is 0 Å². The Balaban J connectivity index is 2.16. The van der Waals surface area contributed by atoms with E-state index < -0.39 is 36.7 Å². The Morgan fingerprint density at radius 3 is 2.33 bits per heavy atom. The Hall–Kier alpha value is -0.780. The molecule has 2 aliphatic rings. The standard InChI is InChI=1S/C9H11F3O3/c10-9(11,12)5-3-15-7(4-1-2-4)6(5)8(13)14/h4-7H,1-3H2,(H,13,14)/t5-,6+,7-/m0/s1. The number of rotatable bonds is 2. The van der Waals surface area contributed by atoms with Gasteiger partial charge in [0, 0.05) is 0 Å². The van der Waals surface area contributed by atoms with Crippen LogP contribution in [-0.2, 0) is 9.53 Å². The maximum Gasteiger partial charge on any atom is 0.394 e. The van der Waals surface area contributed by atoms with Gasteiger partial charge >= 0.3 is 12.1 Å². The van der Waals surface area contributed by atoms with Crippen LogP contribution in [0.4, 0.5) is 13.2 Å². The lowest BCUT2D eigenvalue weighted by Gasteiger charge is -2.20. The number of hydrogen-bond acceptors (Lipinski definition) is 2. The van der Waals surface area contributed by atoms with Gasteiger partial charge in [0.15, 0.2) is 0 Å². The molecule has 0 aromatic carbocycles. The van der Waals surface area contributed by atoms with E-state index in [9.17, 15) is 18.0 Å². The molecule has 0 spiro atoms. The van der Waals surface area contributed by atoms with Crippen molar-refractivity contribution >= 4 is 5.97 Å². The van der Waals surface area contributed by atoms with Gasteiger partial charge in [0.25, 0.3) is 0 Å². The molecule has 1 saturated carbocycles. The smallest absolute Gasteiger partial charge is 0.394 e. The summed E-state index contributed by atoms with van der Waals surface area (Å²) >= 11 is 0. The van der Waals surface area contributed by atoms with Gasteiger partial charge < -0.3 is 9.84 Å². The predicted octanol–water partition coefficient (Wildman–Crippen LogP) is 1.67. The highest BCUT2D eigenvalue weighted by Crippen LogP contribution is 2.47. The fraction of sp³-hybridized carbons (Fsp3) is 0.889. The van der Waals surface area contributed by atoms with Gasteiger partial charge in [0.2, 0.25) is 0 Å². The Morgan fingerprint density at radius 2 is 1.93 bits per heavy atom. The maximum absolute atomic E-state index is 12.5. The Morgan fingerprint density at radius 1 is 1.33 bits per heavy atom. The summed E-state index contributed by atoms with van der Waals surface area (Å²) in [5, 5.41) is 8.81. The van der Waals surface area contributed by atoms with Crippen LogP contribution in [0.1, 0.15) is 12.8 Å². The normalized spacial score (nSPS) is 36.9. The monoisotopic (exact) mass is 224 g/mol. The molecule has 0 aromatic rings. The molecule has 3 atom stereocenters. The van der Waals surface area contributed by atoms with Crippen LogP contribution in [0, 0.1) is 17.8 Å². The predicted molar refractivity (Wildman–Crippen MR) is 43.1 cm³/mol. The third-order valence-electron chi connectivity index (χ3n) is 3.05. The quantitative estimate of drug-likeness (QED) is 0.776. The highest BCUT2D eigenvalue weighted by Gasteiger charge is 2.58. The topological polar surface area (TPSA) is 46.5 Å². The summed E-state index contributed by atoms with van der Waals surface area (Å²) in [5.74, 6) is -4.65. The molecule has 1 N–H and O–H groups in total. The van der Waals surface area contributed by atoms with Crippen LogP contribution in [0.25, 0.3) is 0 Å². The Bertz CT molecular complexity index is 272. The molecule has 0 bridgehead atoms. The molecule has 1 aliphatic carbocycles. The van der Waals surface area contributed by atoms with Crippen molar-refractivity contribution < 1.29 is 27.8 Å². The van der Waals surface area contributed by atoms with E-state index in [4.69, 9.17) is 9.84 Å². The van der Waals surface area contributed by atoms with E-state index in [2.05, 4.69) is 0 Å². The van der Waals surface area contributed by atoms with Gasteiger partial charge in [-0.15, -0.1) is 0 Å². The van der Waals surface area contributed by atoms with Crippen molar-refractivity contribution in [3.8, 4) is 0 Å². The van der Waals surface area contributed by atoms with E-state index >= 15 is 0 Å². The largest absolute Gasteiger partial charge is 0.481 e. The van der Waals surface area contributed by atoms with E-state index in [1.54, 1.807) is 0 Å². The molecule has 1 heterocycles. The van der Waals surface area contributed by atoms with Crippen LogP contribution in [0.5, 0.6) is 0 Å². The number of carbonyl (C=O) groups is 1. The molecule has 0 unspecified atom stereocenters. The van der Waals surface area contributed by atoms with Gasteiger partial charge in [-0.25, -0.2) is 0 Å². The average Bonchev–Trinajstić information content (AvgIpc) is 2.81. The molecule has 2 fully saturated rings. The molecule has 86 valence electrons. The summed E-state index contributed by atoms with van der Waals surface area (Å²) in [7, 11) is 0. The van der Waals surface area contributed by atoms with E-state index in [-0.39, 0.29) is 5.92 Å². The maximum atomic E-state index is 12.5. The molecule has 1 aliphatic heterocycles. The third kappa shape index (κ3) is 1.95. The fourth-order valence-electron chi connectivity index (χ4n) is 2.12. The second-order valence-corrected chi connectivity index (χ2v) is 4.15. The van der Waals surface area contributed by atoms with Gasteiger partial charge in [-0.2, -0.15) is 13.2 Å². The zero-order valence-corrected chi connectivity index (χ0v) is 7.83. The summed E-state index contributed by atoms with van der Waals surface area (Å²) in [5.41, 5.74) is 0. The molecule has 0 radical (unpaired) electrons.